The summed E-state index contributed by atoms with van der Waals surface area (Å²) in [7, 11) is 0. The van der Waals surface area contributed by atoms with Crippen LogP contribution in [0.2, 0.25) is 0 Å². The van der Waals surface area contributed by atoms with E-state index in [1.807, 2.05) is 18.2 Å². The molecule has 2 heteroatoms. The third-order valence-electron chi connectivity index (χ3n) is 4.37. The van der Waals surface area contributed by atoms with E-state index in [2.05, 4.69) is 26.0 Å². The molecule has 1 aliphatic carbocycles. The minimum absolute atomic E-state index is 0.197. The normalized spacial score (nSPS) is 39.2. The number of aliphatic hydroxyl groups is 1. The van der Waals surface area contributed by atoms with Gasteiger partial charge in [0.05, 0.1) is 11.0 Å². The van der Waals surface area contributed by atoms with E-state index >= 15 is 0 Å². The molecule has 0 spiro atoms. The Balaban J connectivity index is 2.11. The maximum Gasteiger partial charge on any atom is 0.175 e. The van der Waals surface area contributed by atoms with Crippen LogP contribution in [0.3, 0.4) is 0 Å². The molecule has 2 nitrogen and oxygen atoms in total. The van der Waals surface area contributed by atoms with Gasteiger partial charge in [-0.1, -0.05) is 30.3 Å². The molecule has 2 aliphatic rings. The van der Waals surface area contributed by atoms with Gasteiger partial charge in [0.15, 0.2) is 5.79 Å². The summed E-state index contributed by atoms with van der Waals surface area (Å²) in [6, 6.07) is 10.4. The monoisotopic (exact) mass is 232 g/mol. The summed E-state index contributed by atoms with van der Waals surface area (Å²) in [6.45, 7) is 4.15. The van der Waals surface area contributed by atoms with Gasteiger partial charge in [0.2, 0.25) is 0 Å². The summed E-state index contributed by atoms with van der Waals surface area (Å²) in [4.78, 5) is 0. The molecule has 0 bridgehead atoms. The maximum atomic E-state index is 10.8. The Kier molecular flexibility index (Phi) is 2.20. The SMILES string of the molecule is CC1(C)C[C@@]2(c3ccccc3)CCC[C@@]2(O)O1. The minimum Gasteiger partial charge on any atom is -0.365 e. The maximum absolute atomic E-state index is 10.8. The summed E-state index contributed by atoms with van der Waals surface area (Å²) in [5.41, 5.74) is 0.800. The Labute approximate surface area is 103 Å². The second kappa shape index (κ2) is 3.33. The molecule has 1 aromatic carbocycles. The predicted octanol–water partition coefficient (Wildman–Crippen LogP) is 3.00. The Morgan fingerprint density at radius 1 is 1.12 bits per heavy atom. The number of rotatable bonds is 1. The molecule has 2 atom stereocenters. The fourth-order valence-electron chi connectivity index (χ4n) is 3.89. The van der Waals surface area contributed by atoms with E-state index in [1.165, 1.54) is 5.56 Å². The van der Waals surface area contributed by atoms with Crippen molar-refractivity contribution in [2.75, 3.05) is 0 Å². The fourth-order valence-corrected chi connectivity index (χ4v) is 3.89. The van der Waals surface area contributed by atoms with E-state index in [0.29, 0.717) is 0 Å². The lowest BCUT2D eigenvalue weighted by Gasteiger charge is -2.35. The quantitative estimate of drug-likeness (QED) is 0.806. The minimum atomic E-state index is -0.960. The molecule has 0 unspecified atom stereocenters. The van der Waals surface area contributed by atoms with Crippen LogP contribution in [0.5, 0.6) is 0 Å². The van der Waals surface area contributed by atoms with Crippen molar-refractivity contribution in [3.63, 3.8) is 0 Å². The predicted molar refractivity (Wildman–Crippen MR) is 66.7 cm³/mol. The van der Waals surface area contributed by atoms with E-state index in [4.69, 9.17) is 4.74 Å². The average molecular weight is 232 g/mol. The highest BCUT2D eigenvalue weighted by Gasteiger charge is 2.64. The van der Waals surface area contributed by atoms with Gasteiger partial charge >= 0.3 is 0 Å². The van der Waals surface area contributed by atoms with Crippen LogP contribution in [0.1, 0.15) is 45.1 Å². The number of hydrogen-bond acceptors (Lipinski definition) is 2. The average Bonchev–Trinajstić information content (AvgIpc) is 2.65. The number of benzene rings is 1. The van der Waals surface area contributed by atoms with Crippen LogP contribution >= 0.6 is 0 Å². The zero-order chi connectivity index (χ0) is 12.1. The molecule has 0 radical (unpaired) electrons. The van der Waals surface area contributed by atoms with Crippen molar-refractivity contribution in [2.24, 2.45) is 0 Å². The molecule has 1 saturated heterocycles. The van der Waals surface area contributed by atoms with Crippen molar-refractivity contribution in [1.29, 1.82) is 0 Å². The first kappa shape index (κ1) is 11.2. The zero-order valence-corrected chi connectivity index (χ0v) is 10.6. The molecule has 2 fully saturated rings. The highest BCUT2D eigenvalue weighted by molar-refractivity contribution is 5.33. The largest absolute Gasteiger partial charge is 0.365 e. The zero-order valence-electron chi connectivity index (χ0n) is 10.6. The van der Waals surface area contributed by atoms with E-state index in [1.54, 1.807) is 0 Å². The lowest BCUT2D eigenvalue weighted by atomic mass is 9.71. The first-order valence-electron chi connectivity index (χ1n) is 6.46. The molecule has 1 saturated carbocycles. The van der Waals surface area contributed by atoms with Crippen molar-refractivity contribution in [3.8, 4) is 0 Å². The Morgan fingerprint density at radius 2 is 1.82 bits per heavy atom. The Morgan fingerprint density at radius 3 is 2.53 bits per heavy atom. The molecule has 0 aromatic heterocycles. The molecule has 0 amide bonds. The molecule has 1 aliphatic heterocycles. The van der Waals surface area contributed by atoms with Gasteiger partial charge < -0.3 is 9.84 Å². The molecular weight excluding hydrogens is 212 g/mol. The first-order valence-corrected chi connectivity index (χ1v) is 6.46. The second-order valence-electron chi connectivity index (χ2n) is 6.12. The van der Waals surface area contributed by atoms with Gasteiger partial charge in [0.1, 0.15) is 0 Å². The van der Waals surface area contributed by atoms with Crippen LogP contribution in [-0.2, 0) is 10.2 Å². The lowest BCUT2D eigenvalue weighted by Crippen LogP contribution is -2.43. The van der Waals surface area contributed by atoms with Gasteiger partial charge in [-0.15, -0.1) is 0 Å². The second-order valence-corrected chi connectivity index (χ2v) is 6.12. The van der Waals surface area contributed by atoms with Crippen LogP contribution in [0, 0.1) is 0 Å². The van der Waals surface area contributed by atoms with Crippen LogP contribution < -0.4 is 0 Å². The van der Waals surface area contributed by atoms with Crippen molar-refractivity contribution in [2.45, 2.75) is 56.3 Å². The molecule has 92 valence electrons. The Bertz CT molecular complexity index is 426. The van der Waals surface area contributed by atoms with E-state index in [0.717, 1.165) is 25.7 Å². The third kappa shape index (κ3) is 1.47. The third-order valence-corrected chi connectivity index (χ3v) is 4.37. The van der Waals surface area contributed by atoms with Gasteiger partial charge in [-0.2, -0.15) is 0 Å². The van der Waals surface area contributed by atoms with E-state index in [9.17, 15) is 5.11 Å². The summed E-state index contributed by atoms with van der Waals surface area (Å²) < 4.78 is 5.97. The topological polar surface area (TPSA) is 29.5 Å². The van der Waals surface area contributed by atoms with Gasteiger partial charge in [0, 0.05) is 6.42 Å². The fraction of sp³-hybridized carbons (Fsp3) is 0.600. The van der Waals surface area contributed by atoms with Gasteiger partial charge in [-0.05, 0) is 38.7 Å². The highest BCUT2D eigenvalue weighted by Crippen LogP contribution is 2.59. The van der Waals surface area contributed by atoms with Gasteiger partial charge in [-0.25, -0.2) is 0 Å². The van der Waals surface area contributed by atoms with Crippen molar-refractivity contribution in [1.82, 2.24) is 0 Å². The van der Waals surface area contributed by atoms with Gasteiger partial charge in [-0.3, -0.25) is 0 Å². The van der Waals surface area contributed by atoms with Crippen LogP contribution in [0.15, 0.2) is 30.3 Å². The summed E-state index contributed by atoms with van der Waals surface area (Å²) in [5.74, 6) is -0.960. The molecule has 1 aromatic rings. The molecule has 1 heterocycles. The van der Waals surface area contributed by atoms with Crippen LogP contribution in [-0.4, -0.2) is 16.5 Å². The first-order chi connectivity index (χ1) is 7.98. The van der Waals surface area contributed by atoms with Crippen LogP contribution in [0.25, 0.3) is 0 Å². The number of fused-ring (bicyclic) bond motifs is 1. The van der Waals surface area contributed by atoms with Crippen molar-refractivity contribution < 1.29 is 9.84 Å². The summed E-state index contributed by atoms with van der Waals surface area (Å²) in [5, 5.41) is 10.8. The number of hydrogen-bond donors (Lipinski definition) is 1. The van der Waals surface area contributed by atoms with Gasteiger partial charge in [0.25, 0.3) is 0 Å². The number of ether oxygens (including phenoxy) is 1. The standard InChI is InChI=1S/C15H20O2/c1-13(2)11-14(12-7-4-3-5-8-12)9-6-10-15(14,16)17-13/h3-5,7-8,16H,6,9-11H2,1-2H3/t14-,15-/m1/s1. The summed E-state index contributed by atoms with van der Waals surface area (Å²) >= 11 is 0. The van der Waals surface area contributed by atoms with Crippen molar-refractivity contribution >= 4 is 0 Å². The molecule has 1 N–H and O–H groups in total. The molecule has 3 rings (SSSR count). The molecule has 17 heavy (non-hydrogen) atoms. The molecular formula is C15H20O2. The Hall–Kier alpha value is -0.860. The van der Waals surface area contributed by atoms with E-state index < -0.39 is 5.79 Å². The smallest absolute Gasteiger partial charge is 0.175 e. The van der Waals surface area contributed by atoms with Crippen molar-refractivity contribution in [3.05, 3.63) is 35.9 Å². The highest BCUT2D eigenvalue weighted by atomic mass is 16.6. The van der Waals surface area contributed by atoms with E-state index in [-0.39, 0.29) is 11.0 Å². The lowest BCUT2D eigenvalue weighted by molar-refractivity contribution is -0.228. The van der Waals surface area contributed by atoms with Crippen LogP contribution in [0.4, 0.5) is 0 Å². The summed E-state index contributed by atoms with van der Waals surface area (Å²) in [6.07, 6.45) is 3.73.